The molecule has 0 heterocycles. The topological polar surface area (TPSA) is 83.6 Å². The zero-order chi connectivity index (χ0) is 19.5. The first-order valence-electron chi connectivity index (χ1n) is 8.43. The number of benzene rings is 1. The van der Waals surface area contributed by atoms with Crippen molar-refractivity contribution in [3.63, 3.8) is 0 Å². The third kappa shape index (κ3) is 5.77. The zero-order valence-electron chi connectivity index (χ0n) is 16.0. The average molecular weight is 391 g/mol. The summed E-state index contributed by atoms with van der Waals surface area (Å²) in [5, 5.41) is 0. The van der Waals surface area contributed by atoms with Crippen molar-refractivity contribution >= 4 is 20.0 Å². The van der Waals surface area contributed by atoms with E-state index in [4.69, 9.17) is 0 Å². The van der Waals surface area contributed by atoms with Crippen molar-refractivity contribution in [2.45, 2.75) is 51.9 Å². The van der Waals surface area contributed by atoms with Crippen LogP contribution in [0.1, 0.15) is 45.7 Å². The number of nitrogens with one attached hydrogen (secondary N) is 1. The molecular weight excluding hydrogens is 360 g/mol. The first kappa shape index (κ1) is 22.1. The first-order chi connectivity index (χ1) is 11.3. The maximum Gasteiger partial charge on any atom is 0.240 e. The van der Waals surface area contributed by atoms with Crippen LogP contribution in [0.2, 0.25) is 0 Å². The van der Waals surface area contributed by atoms with E-state index in [9.17, 15) is 16.8 Å². The van der Waals surface area contributed by atoms with Crippen LogP contribution in [0.15, 0.2) is 23.1 Å². The fourth-order valence-corrected chi connectivity index (χ4v) is 5.32. The summed E-state index contributed by atoms with van der Waals surface area (Å²) >= 11 is 0. The second-order valence-electron chi connectivity index (χ2n) is 7.03. The van der Waals surface area contributed by atoms with Gasteiger partial charge in [0.15, 0.2) is 0 Å². The third-order valence-corrected chi connectivity index (χ3v) is 7.72. The van der Waals surface area contributed by atoms with Gasteiger partial charge in [-0.15, -0.1) is 0 Å². The van der Waals surface area contributed by atoms with E-state index in [0.29, 0.717) is 18.7 Å². The Hall–Kier alpha value is -0.960. The molecule has 0 unspecified atom stereocenters. The summed E-state index contributed by atoms with van der Waals surface area (Å²) in [4.78, 5) is 0.195. The van der Waals surface area contributed by atoms with Crippen molar-refractivity contribution in [1.29, 1.82) is 0 Å². The minimum Gasteiger partial charge on any atom is -0.212 e. The molecule has 0 spiro atoms. The fourth-order valence-electron chi connectivity index (χ4n) is 2.48. The van der Waals surface area contributed by atoms with Crippen molar-refractivity contribution in [3.05, 3.63) is 29.3 Å². The second kappa shape index (κ2) is 8.16. The van der Waals surface area contributed by atoms with E-state index in [2.05, 4.69) is 4.72 Å². The monoisotopic (exact) mass is 390 g/mol. The zero-order valence-corrected chi connectivity index (χ0v) is 17.6. The summed E-state index contributed by atoms with van der Waals surface area (Å²) in [6.07, 6.45) is 0. The lowest BCUT2D eigenvalue weighted by atomic mass is 9.87. The second-order valence-corrected chi connectivity index (χ2v) is 10.9. The Morgan fingerprint density at radius 3 is 2.08 bits per heavy atom. The molecule has 0 aliphatic carbocycles. The molecule has 0 fully saturated rings. The lowest BCUT2D eigenvalue weighted by Gasteiger charge is -2.21. The van der Waals surface area contributed by atoms with E-state index in [1.165, 1.54) is 4.31 Å². The summed E-state index contributed by atoms with van der Waals surface area (Å²) in [5.74, 6) is -0.258. The molecule has 1 rings (SSSR count). The number of rotatable bonds is 8. The molecule has 0 saturated heterocycles. The molecule has 144 valence electrons. The van der Waals surface area contributed by atoms with Crippen LogP contribution in [0.5, 0.6) is 0 Å². The molecule has 0 aliphatic rings. The van der Waals surface area contributed by atoms with Gasteiger partial charge < -0.3 is 0 Å². The maximum absolute atomic E-state index is 12.6. The Kier molecular flexibility index (Phi) is 7.21. The minimum atomic E-state index is -3.77. The van der Waals surface area contributed by atoms with Crippen molar-refractivity contribution in [2.75, 3.05) is 25.4 Å². The Morgan fingerprint density at radius 1 is 1.04 bits per heavy atom. The Bertz CT molecular complexity index is 790. The normalized spacial score (nSPS) is 13.4. The molecule has 0 aliphatic heterocycles. The minimum absolute atomic E-state index is 0.152. The Morgan fingerprint density at radius 2 is 1.60 bits per heavy atom. The van der Waals surface area contributed by atoms with Gasteiger partial charge in [-0.1, -0.05) is 46.8 Å². The lowest BCUT2D eigenvalue weighted by molar-refractivity contribution is 0.445. The van der Waals surface area contributed by atoms with Gasteiger partial charge in [-0.3, -0.25) is 0 Å². The molecule has 25 heavy (non-hydrogen) atoms. The first-order valence-corrected chi connectivity index (χ1v) is 11.5. The van der Waals surface area contributed by atoms with Gasteiger partial charge in [0.2, 0.25) is 20.0 Å². The fraction of sp³-hybridized carbons (Fsp3) is 0.647. The van der Waals surface area contributed by atoms with Gasteiger partial charge >= 0.3 is 0 Å². The van der Waals surface area contributed by atoms with E-state index < -0.39 is 20.0 Å². The average Bonchev–Trinajstić information content (AvgIpc) is 2.46. The molecule has 0 amide bonds. The smallest absolute Gasteiger partial charge is 0.212 e. The predicted molar refractivity (Wildman–Crippen MR) is 102 cm³/mol. The van der Waals surface area contributed by atoms with Crippen molar-refractivity contribution in [1.82, 2.24) is 9.03 Å². The van der Waals surface area contributed by atoms with Gasteiger partial charge in [-0.25, -0.2) is 25.9 Å². The molecule has 1 aromatic carbocycles. The predicted octanol–water partition coefficient (Wildman–Crippen LogP) is 2.24. The molecule has 8 heteroatoms. The quantitative estimate of drug-likeness (QED) is 0.738. The number of nitrogens with zero attached hydrogens (tertiary/aromatic N) is 1. The van der Waals surface area contributed by atoms with Crippen LogP contribution in [0, 0.1) is 6.92 Å². The van der Waals surface area contributed by atoms with E-state index in [1.807, 2.05) is 26.8 Å². The summed E-state index contributed by atoms with van der Waals surface area (Å²) in [7, 11) is -7.23. The van der Waals surface area contributed by atoms with Crippen LogP contribution < -0.4 is 4.72 Å². The van der Waals surface area contributed by atoms with Gasteiger partial charge in [0.25, 0.3) is 0 Å². The van der Waals surface area contributed by atoms with Crippen LogP contribution in [-0.2, 0) is 25.5 Å². The highest BCUT2D eigenvalue weighted by molar-refractivity contribution is 7.90. The molecule has 0 aromatic heterocycles. The molecular formula is C17H30N2O4S2. The number of hydrogen-bond acceptors (Lipinski definition) is 4. The molecule has 0 atom stereocenters. The lowest BCUT2D eigenvalue weighted by Crippen LogP contribution is -2.37. The largest absolute Gasteiger partial charge is 0.240 e. The van der Waals surface area contributed by atoms with E-state index in [1.54, 1.807) is 32.9 Å². The number of sulfonamides is 2. The molecule has 0 radical (unpaired) electrons. The highest BCUT2D eigenvalue weighted by Gasteiger charge is 2.23. The van der Waals surface area contributed by atoms with Crippen molar-refractivity contribution in [3.8, 4) is 0 Å². The number of aryl methyl sites for hydroxylation is 1. The highest BCUT2D eigenvalue weighted by atomic mass is 32.2. The Balaban J connectivity index is 2.97. The van der Waals surface area contributed by atoms with E-state index in [0.717, 1.165) is 5.56 Å². The SMILES string of the molecule is CCN(CC)S(=O)(=O)CCNS(=O)(=O)c1cc(C(C)(C)C)ccc1C. The van der Waals surface area contributed by atoms with Crippen molar-refractivity contribution < 1.29 is 16.8 Å². The van der Waals surface area contributed by atoms with Crippen LogP contribution in [0.3, 0.4) is 0 Å². The summed E-state index contributed by atoms with van der Waals surface area (Å²) in [6, 6.07) is 5.36. The van der Waals surface area contributed by atoms with Gasteiger partial charge in [0.1, 0.15) is 0 Å². The molecule has 1 aromatic rings. The number of hydrogen-bond donors (Lipinski definition) is 1. The molecule has 1 N–H and O–H groups in total. The van der Waals surface area contributed by atoms with Crippen LogP contribution in [0.4, 0.5) is 0 Å². The van der Waals surface area contributed by atoms with E-state index >= 15 is 0 Å². The van der Waals surface area contributed by atoms with Gasteiger partial charge in [0.05, 0.1) is 10.6 Å². The van der Waals surface area contributed by atoms with E-state index in [-0.39, 0.29) is 22.6 Å². The Labute approximate surface area is 152 Å². The standard InChI is InChI=1S/C17H30N2O4S2/c1-7-19(8-2)24(20,21)12-11-18-25(22,23)16-13-15(17(4,5)6)10-9-14(16)3/h9-10,13,18H,7-8,11-12H2,1-6H3. The van der Waals surface area contributed by atoms with Crippen molar-refractivity contribution in [2.24, 2.45) is 0 Å². The van der Waals surface area contributed by atoms with Gasteiger partial charge in [-0.05, 0) is 29.5 Å². The highest BCUT2D eigenvalue weighted by Crippen LogP contribution is 2.26. The summed E-state index contributed by atoms with van der Waals surface area (Å²) < 4.78 is 53.3. The molecule has 6 nitrogen and oxygen atoms in total. The molecule has 0 bridgehead atoms. The third-order valence-electron chi connectivity index (χ3n) is 4.09. The maximum atomic E-state index is 12.6. The van der Waals surface area contributed by atoms with Crippen LogP contribution in [-0.4, -0.2) is 46.5 Å². The van der Waals surface area contributed by atoms with Gasteiger partial charge in [0, 0.05) is 19.6 Å². The summed E-state index contributed by atoms with van der Waals surface area (Å²) in [5.41, 5.74) is 1.37. The molecule has 0 saturated carbocycles. The van der Waals surface area contributed by atoms with Crippen LogP contribution in [0.25, 0.3) is 0 Å². The van der Waals surface area contributed by atoms with Gasteiger partial charge in [-0.2, -0.15) is 0 Å². The summed E-state index contributed by atoms with van der Waals surface area (Å²) in [6.45, 7) is 11.9. The van der Waals surface area contributed by atoms with Crippen LogP contribution >= 0.6 is 0 Å².